The number of hydrogen-bond donors (Lipinski definition) is 3. The highest BCUT2D eigenvalue weighted by atomic mass is 16.5. The average molecular weight is 275 g/mol. The number of aromatic amines is 1. The SMILES string of the molecule is COC(=O)Nc1cccc(NC(=O)c2n[nH]c(C)n2)c1. The molecule has 0 aliphatic rings. The molecule has 0 saturated heterocycles. The Labute approximate surface area is 114 Å². The third-order valence-corrected chi connectivity index (χ3v) is 2.35. The first-order valence-electron chi connectivity index (χ1n) is 5.74. The van der Waals surface area contributed by atoms with E-state index in [1.165, 1.54) is 7.11 Å². The number of methoxy groups -OCH3 is 1. The Kier molecular flexibility index (Phi) is 3.94. The number of rotatable bonds is 3. The molecule has 0 aliphatic carbocycles. The third-order valence-electron chi connectivity index (χ3n) is 2.35. The van der Waals surface area contributed by atoms with Crippen LogP contribution in [0.25, 0.3) is 0 Å². The minimum Gasteiger partial charge on any atom is -0.453 e. The molecule has 2 rings (SSSR count). The summed E-state index contributed by atoms with van der Waals surface area (Å²) >= 11 is 0. The van der Waals surface area contributed by atoms with E-state index in [9.17, 15) is 9.59 Å². The van der Waals surface area contributed by atoms with Gasteiger partial charge < -0.3 is 10.1 Å². The summed E-state index contributed by atoms with van der Waals surface area (Å²) in [6.45, 7) is 1.70. The molecular formula is C12H13N5O3. The zero-order chi connectivity index (χ0) is 14.5. The van der Waals surface area contributed by atoms with Crippen LogP contribution in [0.1, 0.15) is 16.4 Å². The van der Waals surface area contributed by atoms with Crippen molar-refractivity contribution < 1.29 is 14.3 Å². The Hall–Kier alpha value is -2.90. The van der Waals surface area contributed by atoms with Crippen LogP contribution in [0.5, 0.6) is 0 Å². The molecule has 0 aliphatic heterocycles. The van der Waals surface area contributed by atoms with Gasteiger partial charge in [-0.2, -0.15) is 0 Å². The van der Waals surface area contributed by atoms with Gasteiger partial charge in [-0.05, 0) is 25.1 Å². The average Bonchev–Trinajstić information content (AvgIpc) is 2.86. The van der Waals surface area contributed by atoms with E-state index in [0.29, 0.717) is 17.2 Å². The number of carbonyl (C=O) groups excluding carboxylic acids is 2. The monoisotopic (exact) mass is 275 g/mol. The Morgan fingerprint density at radius 2 is 1.95 bits per heavy atom. The fourth-order valence-electron chi connectivity index (χ4n) is 1.47. The number of anilines is 2. The number of nitrogens with zero attached hydrogens (tertiary/aromatic N) is 2. The largest absolute Gasteiger partial charge is 0.453 e. The fraction of sp³-hybridized carbons (Fsp3) is 0.167. The van der Waals surface area contributed by atoms with Crippen LogP contribution in [0.4, 0.5) is 16.2 Å². The predicted molar refractivity (Wildman–Crippen MR) is 71.5 cm³/mol. The molecule has 0 radical (unpaired) electrons. The molecule has 1 aromatic heterocycles. The highest BCUT2D eigenvalue weighted by Gasteiger charge is 2.11. The van der Waals surface area contributed by atoms with Gasteiger partial charge in [-0.25, -0.2) is 9.78 Å². The van der Waals surface area contributed by atoms with Crippen LogP contribution in [0.3, 0.4) is 0 Å². The number of carbonyl (C=O) groups is 2. The predicted octanol–water partition coefficient (Wildman–Crippen LogP) is 1.54. The minimum absolute atomic E-state index is 0.0498. The first kappa shape index (κ1) is 13.5. The Morgan fingerprint density at radius 1 is 1.25 bits per heavy atom. The molecule has 0 bridgehead atoms. The number of aromatic nitrogens is 3. The molecule has 2 amide bonds. The van der Waals surface area contributed by atoms with E-state index in [2.05, 4.69) is 30.6 Å². The van der Waals surface area contributed by atoms with Crippen molar-refractivity contribution in [1.29, 1.82) is 0 Å². The summed E-state index contributed by atoms with van der Waals surface area (Å²) < 4.78 is 4.49. The highest BCUT2D eigenvalue weighted by Crippen LogP contribution is 2.15. The summed E-state index contributed by atoms with van der Waals surface area (Å²) in [6, 6.07) is 6.63. The molecule has 104 valence electrons. The summed E-state index contributed by atoms with van der Waals surface area (Å²) in [4.78, 5) is 26.9. The zero-order valence-electron chi connectivity index (χ0n) is 10.9. The normalized spacial score (nSPS) is 9.90. The lowest BCUT2D eigenvalue weighted by atomic mass is 10.2. The van der Waals surface area contributed by atoms with Crippen molar-refractivity contribution in [3.8, 4) is 0 Å². The topological polar surface area (TPSA) is 109 Å². The minimum atomic E-state index is -0.585. The number of benzene rings is 1. The van der Waals surface area contributed by atoms with Crippen LogP contribution in [-0.2, 0) is 4.74 Å². The van der Waals surface area contributed by atoms with Crippen LogP contribution in [0.15, 0.2) is 24.3 Å². The molecule has 3 N–H and O–H groups in total. The molecule has 8 nitrogen and oxygen atoms in total. The maximum Gasteiger partial charge on any atom is 0.411 e. The smallest absolute Gasteiger partial charge is 0.411 e. The molecule has 0 spiro atoms. The van der Waals surface area contributed by atoms with E-state index in [0.717, 1.165) is 0 Å². The lowest BCUT2D eigenvalue weighted by molar-refractivity contribution is 0.101. The number of aryl methyl sites for hydroxylation is 1. The number of H-pyrrole nitrogens is 1. The Balaban J connectivity index is 2.08. The summed E-state index contributed by atoms with van der Waals surface area (Å²) in [7, 11) is 1.27. The van der Waals surface area contributed by atoms with Gasteiger partial charge in [0.2, 0.25) is 5.82 Å². The second-order valence-electron chi connectivity index (χ2n) is 3.90. The van der Waals surface area contributed by atoms with Crippen molar-refractivity contribution in [2.45, 2.75) is 6.92 Å². The molecule has 0 saturated carbocycles. The molecule has 0 fully saturated rings. The van der Waals surface area contributed by atoms with Crippen molar-refractivity contribution >= 4 is 23.4 Å². The van der Waals surface area contributed by atoms with Crippen molar-refractivity contribution in [2.75, 3.05) is 17.7 Å². The molecule has 1 heterocycles. The van der Waals surface area contributed by atoms with Gasteiger partial charge in [-0.15, -0.1) is 5.10 Å². The molecule has 0 unspecified atom stereocenters. The maximum absolute atomic E-state index is 11.8. The van der Waals surface area contributed by atoms with E-state index in [-0.39, 0.29) is 5.82 Å². The fourth-order valence-corrected chi connectivity index (χ4v) is 1.47. The molecular weight excluding hydrogens is 262 g/mol. The van der Waals surface area contributed by atoms with E-state index in [4.69, 9.17) is 0 Å². The third kappa shape index (κ3) is 3.31. The van der Waals surface area contributed by atoms with Crippen molar-refractivity contribution in [3.63, 3.8) is 0 Å². The molecule has 0 atom stereocenters. The number of ether oxygens (including phenoxy) is 1. The summed E-state index contributed by atoms with van der Waals surface area (Å²) in [6.07, 6.45) is -0.585. The van der Waals surface area contributed by atoms with E-state index >= 15 is 0 Å². The van der Waals surface area contributed by atoms with Gasteiger partial charge in [-0.1, -0.05) is 6.07 Å². The first-order chi connectivity index (χ1) is 9.58. The Morgan fingerprint density at radius 3 is 2.55 bits per heavy atom. The van der Waals surface area contributed by atoms with E-state index in [1.807, 2.05) is 0 Å². The zero-order valence-corrected chi connectivity index (χ0v) is 10.9. The standard InChI is InChI=1S/C12H13N5O3/c1-7-13-10(17-16-7)11(18)14-8-4-3-5-9(6-8)15-12(19)20-2/h3-6H,1-2H3,(H,14,18)(H,15,19)(H,13,16,17). The second kappa shape index (κ2) is 5.83. The van der Waals surface area contributed by atoms with E-state index < -0.39 is 12.0 Å². The van der Waals surface area contributed by atoms with Crippen molar-refractivity contribution in [3.05, 3.63) is 35.9 Å². The molecule has 20 heavy (non-hydrogen) atoms. The van der Waals surface area contributed by atoms with Crippen LogP contribution >= 0.6 is 0 Å². The highest BCUT2D eigenvalue weighted by molar-refractivity contribution is 6.01. The summed E-state index contributed by atoms with van der Waals surface area (Å²) in [5.41, 5.74) is 1.01. The van der Waals surface area contributed by atoms with Crippen LogP contribution < -0.4 is 10.6 Å². The van der Waals surface area contributed by atoms with Crippen molar-refractivity contribution in [2.24, 2.45) is 0 Å². The van der Waals surface area contributed by atoms with Gasteiger partial charge in [0.1, 0.15) is 5.82 Å². The van der Waals surface area contributed by atoms with Gasteiger partial charge in [0.15, 0.2) is 0 Å². The van der Waals surface area contributed by atoms with Gasteiger partial charge >= 0.3 is 6.09 Å². The van der Waals surface area contributed by atoms with Crippen LogP contribution in [0.2, 0.25) is 0 Å². The Bertz CT molecular complexity index is 638. The molecule has 2 aromatic rings. The lowest BCUT2D eigenvalue weighted by Crippen LogP contribution is -2.15. The second-order valence-corrected chi connectivity index (χ2v) is 3.90. The summed E-state index contributed by atoms with van der Waals surface area (Å²) in [5, 5.41) is 11.5. The first-order valence-corrected chi connectivity index (χ1v) is 5.74. The number of hydrogen-bond acceptors (Lipinski definition) is 5. The van der Waals surface area contributed by atoms with E-state index in [1.54, 1.807) is 31.2 Å². The van der Waals surface area contributed by atoms with Crippen molar-refractivity contribution in [1.82, 2.24) is 15.2 Å². The lowest BCUT2D eigenvalue weighted by Gasteiger charge is -2.06. The van der Waals surface area contributed by atoms with Gasteiger partial charge in [0.25, 0.3) is 5.91 Å². The van der Waals surface area contributed by atoms with Crippen LogP contribution in [-0.4, -0.2) is 34.3 Å². The molecule has 8 heteroatoms. The quantitative estimate of drug-likeness (QED) is 0.787. The summed E-state index contributed by atoms with van der Waals surface area (Å²) in [5.74, 6) is 0.162. The number of nitrogens with one attached hydrogen (secondary N) is 3. The van der Waals surface area contributed by atoms with Gasteiger partial charge in [-0.3, -0.25) is 15.2 Å². The number of amides is 2. The van der Waals surface area contributed by atoms with Gasteiger partial charge in [0.05, 0.1) is 7.11 Å². The van der Waals surface area contributed by atoms with Gasteiger partial charge in [0, 0.05) is 11.4 Å². The maximum atomic E-state index is 11.8. The molecule has 1 aromatic carbocycles. The van der Waals surface area contributed by atoms with Crippen LogP contribution in [0, 0.1) is 6.92 Å².